The molecule has 3 aliphatic heterocycles. The molecule has 7 heteroatoms. The first-order valence-electron chi connectivity index (χ1n) is 12.6. The Hall–Kier alpha value is -4.39. The van der Waals surface area contributed by atoms with Crippen LogP contribution in [0.2, 0.25) is 0 Å². The van der Waals surface area contributed by atoms with Gasteiger partial charge >= 0.3 is 0 Å². The second-order valence-electron chi connectivity index (χ2n) is 10.1. The zero-order valence-corrected chi connectivity index (χ0v) is 21.6. The molecule has 0 aromatic heterocycles. The Bertz CT molecular complexity index is 1540. The van der Waals surface area contributed by atoms with Crippen LogP contribution in [0.15, 0.2) is 72.8 Å². The first kappa shape index (κ1) is 24.0. The molecule has 1 N–H and O–H groups in total. The number of rotatable bonds is 5. The molecule has 3 heterocycles. The molecule has 7 nitrogen and oxygen atoms in total. The van der Waals surface area contributed by atoms with Gasteiger partial charge in [-0.2, -0.15) is 0 Å². The molecule has 0 radical (unpaired) electrons. The Kier molecular flexibility index (Phi) is 5.42. The van der Waals surface area contributed by atoms with Gasteiger partial charge in [-0.05, 0) is 55.3 Å². The highest BCUT2D eigenvalue weighted by molar-refractivity contribution is 6.17. The quantitative estimate of drug-likeness (QED) is 0.505. The maximum atomic E-state index is 14.7. The first-order chi connectivity index (χ1) is 18.3. The van der Waals surface area contributed by atoms with E-state index in [1.807, 2.05) is 66.4 Å². The lowest BCUT2D eigenvalue weighted by atomic mass is 9.64. The Morgan fingerprint density at radius 2 is 1.71 bits per heavy atom. The molecule has 0 bridgehead atoms. The van der Waals surface area contributed by atoms with Gasteiger partial charge in [0.1, 0.15) is 16.9 Å². The number of anilines is 2. The summed E-state index contributed by atoms with van der Waals surface area (Å²) in [6, 6.07) is 18.9. The van der Waals surface area contributed by atoms with Gasteiger partial charge in [0.25, 0.3) is 0 Å². The zero-order chi connectivity index (χ0) is 26.8. The Balaban J connectivity index is 1.68. The minimum absolute atomic E-state index is 0.188. The summed E-state index contributed by atoms with van der Waals surface area (Å²) in [6.07, 6.45) is 2.04. The molecule has 0 unspecified atom stereocenters. The van der Waals surface area contributed by atoms with Gasteiger partial charge in [0, 0.05) is 16.9 Å². The molecule has 0 saturated carbocycles. The number of ether oxygens (including phenoxy) is 2. The van der Waals surface area contributed by atoms with E-state index in [2.05, 4.69) is 5.32 Å². The van der Waals surface area contributed by atoms with E-state index < -0.39 is 23.4 Å². The molecule has 1 fully saturated rings. The van der Waals surface area contributed by atoms with Crippen LogP contribution < -0.4 is 19.7 Å². The number of ketones is 2. The van der Waals surface area contributed by atoms with E-state index >= 15 is 0 Å². The third-order valence-electron chi connectivity index (χ3n) is 8.25. The topological polar surface area (TPSA) is 84.9 Å². The molecule has 1 spiro atoms. The van der Waals surface area contributed by atoms with E-state index in [-0.39, 0.29) is 23.0 Å². The fourth-order valence-electron chi connectivity index (χ4n) is 6.71. The molecule has 1 amide bonds. The SMILES string of the molecule is COc1ccc(OC)c(C(=O)[C@@H]2[C@H](C(C)=O)N3c4ccccc4C(C)=C[C@@H]3[C@]23C(=O)Nc2ccccc23)c1. The van der Waals surface area contributed by atoms with Crippen LogP contribution in [0.25, 0.3) is 5.57 Å². The normalized spacial score (nSPS) is 24.7. The van der Waals surface area contributed by atoms with Crippen LogP contribution in [0.1, 0.15) is 35.3 Å². The number of amides is 1. The molecule has 0 aliphatic carbocycles. The van der Waals surface area contributed by atoms with Crippen LogP contribution in [-0.4, -0.2) is 43.8 Å². The van der Waals surface area contributed by atoms with Crippen LogP contribution >= 0.6 is 0 Å². The maximum absolute atomic E-state index is 14.7. The third-order valence-corrected chi connectivity index (χ3v) is 8.25. The van der Waals surface area contributed by atoms with E-state index in [0.717, 1.165) is 16.8 Å². The molecule has 192 valence electrons. The number of para-hydroxylation sites is 2. The first-order valence-corrected chi connectivity index (χ1v) is 12.6. The van der Waals surface area contributed by atoms with Crippen LogP contribution in [0.3, 0.4) is 0 Å². The van der Waals surface area contributed by atoms with Crippen molar-refractivity contribution in [2.75, 3.05) is 24.4 Å². The summed E-state index contributed by atoms with van der Waals surface area (Å²) in [4.78, 5) is 44.5. The predicted molar refractivity (Wildman–Crippen MR) is 145 cm³/mol. The van der Waals surface area contributed by atoms with Gasteiger partial charge < -0.3 is 19.7 Å². The number of allylic oxidation sites excluding steroid dienone is 1. The second kappa shape index (κ2) is 8.58. The summed E-state index contributed by atoms with van der Waals surface area (Å²) < 4.78 is 11.0. The molecule has 38 heavy (non-hydrogen) atoms. The molecule has 3 aromatic rings. The molecule has 6 rings (SSSR count). The minimum atomic E-state index is -1.34. The van der Waals surface area contributed by atoms with Crippen molar-refractivity contribution in [3.05, 3.63) is 89.5 Å². The summed E-state index contributed by atoms with van der Waals surface area (Å²) in [5.41, 5.74) is 3.11. The Morgan fingerprint density at radius 3 is 2.45 bits per heavy atom. The van der Waals surface area contributed by atoms with E-state index in [0.29, 0.717) is 22.7 Å². The lowest BCUT2D eigenvalue weighted by molar-refractivity contribution is -0.122. The monoisotopic (exact) mass is 508 g/mol. The average Bonchev–Trinajstić information content (AvgIpc) is 3.40. The van der Waals surface area contributed by atoms with Crippen molar-refractivity contribution in [3.8, 4) is 11.5 Å². The van der Waals surface area contributed by atoms with E-state index in [4.69, 9.17) is 9.47 Å². The molecule has 1 saturated heterocycles. The van der Waals surface area contributed by atoms with Crippen LogP contribution in [0.5, 0.6) is 11.5 Å². The Labute approximate surface area is 221 Å². The van der Waals surface area contributed by atoms with Crippen LogP contribution in [0.4, 0.5) is 11.4 Å². The maximum Gasteiger partial charge on any atom is 0.238 e. The minimum Gasteiger partial charge on any atom is -0.497 e. The van der Waals surface area contributed by atoms with Gasteiger partial charge in [0.05, 0.1) is 37.8 Å². The van der Waals surface area contributed by atoms with Gasteiger partial charge in [-0.15, -0.1) is 0 Å². The number of benzene rings is 3. The highest BCUT2D eigenvalue weighted by Gasteiger charge is 2.70. The third kappa shape index (κ3) is 3.05. The van der Waals surface area contributed by atoms with Crippen LogP contribution in [0, 0.1) is 5.92 Å². The van der Waals surface area contributed by atoms with E-state index in [1.54, 1.807) is 18.2 Å². The lowest BCUT2D eigenvalue weighted by Gasteiger charge is -2.39. The largest absolute Gasteiger partial charge is 0.497 e. The van der Waals surface area contributed by atoms with Gasteiger partial charge in [-0.1, -0.05) is 42.5 Å². The fraction of sp³-hybridized carbons (Fsp3) is 0.258. The van der Waals surface area contributed by atoms with Crippen molar-refractivity contribution < 1.29 is 23.9 Å². The van der Waals surface area contributed by atoms with Crippen molar-refractivity contribution in [2.24, 2.45) is 5.92 Å². The van der Waals surface area contributed by atoms with Gasteiger partial charge in [0.2, 0.25) is 5.91 Å². The predicted octanol–water partition coefficient (Wildman–Crippen LogP) is 4.66. The molecule has 3 aromatic carbocycles. The number of nitrogens with one attached hydrogen (secondary N) is 1. The smallest absolute Gasteiger partial charge is 0.238 e. The summed E-state index contributed by atoms with van der Waals surface area (Å²) in [7, 11) is 3.02. The summed E-state index contributed by atoms with van der Waals surface area (Å²) in [6.45, 7) is 3.50. The number of methoxy groups -OCH3 is 2. The number of nitrogens with zero attached hydrogens (tertiary/aromatic N) is 1. The number of Topliss-reactive ketones (excluding diaryl/α,β-unsaturated/α-hetero) is 2. The van der Waals surface area contributed by atoms with Gasteiger partial charge in [-0.25, -0.2) is 0 Å². The van der Waals surface area contributed by atoms with Crippen molar-refractivity contribution in [1.29, 1.82) is 0 Å². The van der Waals surface area contributed by atoms with Crippen molar-refractivity contribution in [3.63, 3.8) is 0 Å². The summed E-state index contributed by atoms with van der Waals surface area (Å²) >= 11 is 0. The van der Waals surface area contributed by atoms with E-state index in [1.165, 1.54) is 21.1 Å². The van der Waals surface area contributed by atoms with Crippen molar-refractivity contribution in [2.45, 2.75) is 31.3 Å². The standard InChI is InChI=1S/C31H28N2O5/c1-17-15-26-31(22-10-6-7-11-23(22)32-30(31)36)27(29(35)21-16-19(37-3)13-14-25(21)38-4)28(18(2)34)33(26)24-12-8-5-9-20(17)24/h5-16,26-28H,1-4H3,(H,32,36)/t26-,27+,28+,31+/m1/s1. The highest BCUT2D eigenvalue weighted by Crippen LogP contribution is 2.58. The number of carbonyl (C=O) groups is 3. The average molecular weight is 509 g/mol. The van der Waals surface area contributed by atoms with Crippen molar-refractivity contribution >= 4 is 34.4 Å². The van der Waals surface area contributed by atoms with Gasteiger partial charge in [0.15, 0.2) is 11.6 Å². The van der Waals surface area contributed by atoms with Gasteiger partial charge in [-0.3, -0.25) is 14.4 Å². The molecule has 4 atom stereocenters. The number of hydrogen-bond acceptors (Lipinski definition) is 6. The second-order valence-corrected chi connectivity index (χ2v) is 10.1. The highest BCUT2D eigenvalue weighted by atomic mass is 16.5. The number of fused-ring (bicyclic) bond motifs is 6. The van der Waals surface area contributed by atoms with Crippen LogP contribution in [-0.2, 0) is 15.0 Å². The fourth-order valence-corrected chi connectivity index (χ4v) is 6.71. The number of carbonyl (C=O) groups excluding carboxylic acids is 3. The van der Waals surface area contributed by atoms with E-state index in [9.17, 15) is 14.4 Å². The summed E-state index contributed by atoms with van der Waals surface area (Å²) in [5, 5.41) is 3.03. The van der Waals surface area contributed by atoms with Crippen molar-refractivity contribution in [1.82, 2.24) is 0 Å². The number of hydrogen-bond donors (Lipinski definition) is 1. The Morgan fingerprint density at radius 1 is 0.974 bits per heavy atom. The molecular weight excluding hydrogens is 480 g/mol. The molecule has 3 aliphatic rings. The summed E-state index contributed by atoms with van der Waals surface area (Å²) in [5.74, 6) is -1.00. The molecular formula is C31H28N2O5. The lowest BCUT2D eigenvalue weighted by Crippen LogP contribution is -2.51. The zero-order valence-electron chi connectivity index (χ0n) is 21.6.